The Kier molecular flexibility index (Phi) is 7.06. The third-order valence-electron chi connectivity index (χ3n) is 1.81. The van der Waals surface area contributed by atoms with Gasteiger partial charge in [0.15, 0.2) is 0 Å². The smallest absolute Gasteiger partial charge is 0.110 e. The van der Waals surface area contributed by atoms with Gasteiger partial charge in [-0.25, -0.2) is 4.39 Å². The third-order valence-corrected chi connectivity index (χ3v) is 1.81. The molecule has 16 heavy (non-hydrogen) atoms. The zero-order chi connectivity index (χ0) is 12.6. The number of nitrogens with one attached hydrogen (secondary N) is 2. The fourth-order valence-electron chi connectivity index (χ4n) is 1.13. The van der Waals surface area contributed by atoms with Crippen molar-refractivity contribution in [1.82, 2.24) is 10.6 Å². The van der Waals surface area contributed by atoms with E-state index in [1.807, 2.05) is 0 Å². The molecular formula is C12H20FN3. The van der Waals surface area contributed by atoms with E-state index in [4.69, 9.17) is 12.2 Å². The fourth-order valence-corrected chi connectivity index (χ4v) is 1.13. The molecule has 0 rings (SSSR count). The van der Waals surface area contributed by atoms with Gasteiger partial charge >= 0.3 is 0 Å². The van der Waals surface area contributed by atoms with Crippen LogP contribution in [0.5, 0.6) is 0 Å². The molecule has 0 aromatic rings. The molecule has 0 bridgehead atoms. The van der Waals surface area contributed by atoms with Gasteiger partial charge in [0.05, 0.1) is 6.04 Å². The van der Waals surface area contributed by atoms with Crippen molar-refractivity contribution >= 4 is 0 Å². The van der Waals surface area contributed by atoms with Gasteiger partial charge in [-0.2, -0.15) is 0 Å². The van der Waals surface area contributed by atoms with Crippen LogP contribution in [0.25, 0.3) is 0 Å². The predicted octanol–water partition coefficient (Wildman–Crippen LogP) is 0.902. The van der Waals surface area contributed by atoms with Gasteiger partial charge in [0.2, 0.25) is 0 Å². The Balaban J connectivity index is 3.84. The molecule has 2 unspecified atom stereocenters. The van der Waals surface area contributed by atoms with E-state index < -0.39 is 6.17 Å². The molecule has 0 aliphatic carbocycles. The normalized spacial score (nSPS) is 13.6. The van der Waals surface area contributed by atoms with Gasteiger partial charge < -0.3 is 16.4 Å². The quantitative estimate of drug-likeness (QED) is 0.538. The maximum Gasteiger partial charge on any atom is 0.110 e. The van der Waals surface area contributed by atoms with Gasteiger partial charge in [-0.15, -0.1) is 6.42 Å². The Morgan fingerprint density at radius 1 is 1.56 bits per heavy atom. The number of rotatable bonds is 8. The van der Waals surface area contributed by atoms with Crippen molar-refractivity contribution in [1.29, 1.82) is 0 Å². The van der Waals surface area contributed by atoms with E-state index in [-0.39, 0.29) is 6.04 Å². The number of nitrogens with two attached hydrogens (primary N) is 1. The van der Waals surface area contributed by atoms with Crippen LogP contribution in [0.15, 0.2) is 24.6 Å². The van der Waals surface area contributed by atoms with Gasteiger partial charge in [-0.1, -0.05) is 19.1 Å². The Bertz CT molecular complexity index is 278. The van der Waals surface area contributed by atoms with Gasteiger partial charge in [-0.05, 0) is 6.92 Å². The summed E-state index contributed by atoms with van der Waals surface area (Å²) in [6.07, 6.45) is 4.94. The average molecular weight is 225 g/mol. The lowest BCUT2D eigenvalue weighted by molar-refractivity contribution is 0.347. The molecule has 0 radical (unpaired) electrons. The fraction of sp³-hybridized carbons (Fsp3) is 0.500. The third kappa shape index (κ3) is 7.89. The highest BCUT2D eigenvalue weighted by Crippen LogP contribution is 1.98. The molecular weight excluding hydrogens is 205 g/mol. The SMILES string of the molecule is C#CC(CC(=C)N)NC(=C)CNCC(C)F. The van der Waals surface area contributed by atoms with E-state index in [1.54, 1.807) is 0 Å². The molecule has 90 valence electrons. The topological polar surface area (TPSA) is 50.1 Å². The van der Waals surface area contributed by atoms with Crippen LogP contribution in [0, 0.1) is 12.3 Å². The molecule has 0 fully saturated rings. The standard InChI is InChI=1S/C12H20FN3/c1-5-12(6-10(3)14)16-11(4)8-15-7-9(2)13/h1,9,12,15-16H,3-4,6-8,14H2,2H3. The summed E-state index contributed by atoms with van der Waals surface area (Å²) in [4.78, 5) is 0. The number of hydrogen-bond donors (Lipinski definition) is 3. The molecule has 4 heteroatoms. The largest absolute Gasteiger partial charge is 0.402 e. The first-order valence-electron chi connectivity index (χ1n) is 5.14. The van der Waals surface area contributed by atoms with Gasteiger partial charge in [0.25, 0.3) is 0 Å². The molecule has 0 aliphatic rings. The lowest BCUT2D eigenvalue weighted by Crippen LogP contribution is -2.34. The highest BCUT2D eigenvalue weighted by molar-refractivity contribution is 5.10. The minimum atomic E-state index is -0.875. The van der Waals surface area contributed by atoms with E-state index in [2.05, 4.69) is 29.7 Å². The first kappa shape index (κ1) is 14.5. The van der Waals surface area contributed by atoms with Crippen molar-refractivity contribution in [3.05, 3.63) is 24.6 Å². The summed E-state index contributed by atoms with van der Waals surface area (Å²) in [6.45, 7) is 9.63. The monoisotopic (exact) mass is 225 g/mol. The van der Waals surface area contributed by atoms with Crippen molar-refractivity contribution in [3.8, 4) is 12.3 Å². The Morgan fingerprint density at radius 2 is 2.19 bits per heavy atom. The minimum Gasteiger partial charge on any atom is -0.402 e. The molecule has 0 heterocycles. The first-order valence-corrected chi connectivity index (χ1v) is 5.14. The first-order chi connectivity index (χ1) is 7.45. The molecule has 0 saturated heterocycles. The average Bonchev–Trinajstić information content (AvgIpc) is 2.15. The molecule has 3 nitrogen and oxygen atoms in total. The van der Waals surface area contributed by atoms with Crippen LogP contribution in [0.1, 0.15) is 13.3 Å². The van der Waals surface area contributed by atoms with E-state index in [9.17, 15) is 4.39 Å². The maximum atomic E-state index is 12.5. The second-order valence-corrected chi connectivity index (χ2v) is 3.74. The summed E-state index contributed by atoms with van der Waals surface area (Å²) in [7, 11) is 0. The van der Waals surface area contributed by atoms with Gasteiger partial charge in [0.1, 0.15) is 6.17 Å². The summed E-state index contributed by atoms with van der Waals surface area (Å²) >= 11 is 0. The summed E-state index contributed by atoms with van der Waals surface area (Å²) in [5.41, 5.74) is 6.69. The molecule has 0 aromatic carbocycles. The number of alkyl halides is 1. The van der Waals surface area contributed by atoms with Crippen LogP contribution in [-0.2, 0) is 0 Å². The number of halogens is 1. The van der Waals surface area contributed by atoms with Crippen LogP contribution in [-0.4, -0.2) is 25.3 Å². The van der Waals surface area contributed by atoms with E-state index in [0.717, 1.165) is 0 Å². The summed E-state index contributed by atoms with van der Waals surface area (Å²) < 4.78 is 12.5. The van der Waals surface area contributed by atoms with Gasteiger partial charge in [-0.3, -0.25) is 0 Å². The van der Waals surface area contributed by atoms with Crippen LogP contribution < -0.4 is 16.4 Å². The van der Waals surface area contributed by atoms with Crippen molar-refractivity contribution in [3.63, 3.8) is 0 Å². The summed E-state index contributed by atoms with van der Waals surface area (Å²) in [5.74, 6) is 2.55. The maximum absolute atomic E-state index is 12.5. The number of hydrogen-bond acceptors (Lipinski definition) is 3. The Morgan fingerprint density at radius 3 is 2.62 bits per heavy atom. The highest BCUT2D eigenvalue weighted by atomic mass is 19.1. The molecule has 0 saturated carbocycles. The van der Waals surface area contributed by atoms with Crippen LogP contribution in [0.3, 0.4) is 0 Å². The van der Waals surface area contributed by atoms with Crippen molar-refractivity contribution in [2.75, 3.05) is 13.1 Å². The van der Waals surface area contributed by atoms with Crippen molar-refractivity contribution < 1.29 is 4.39 Å². The zero-order valence-electron chi connectivity index (χ0n) is 9.72. The zero-order valence-corrected chi connectivity index (χ0v) is 9.72. The van der Waals surface area contributed by atoms with E-state index >= 15 is 0 Å². The van der Waals surface area contributed by atoms with Crippen LogP contribution >= 0.6 is 0 Å². The van der Waals surface area contributed by atoms with E-state index in [1.165, 1.54) is 6.92 Å². The number of terminal acetylenes is 1. The molecule has 4 N–H and O–H groups in total. The lowest BCUT2D eigenvalue weighted by atomic mass is 10.2. The second-order valence-electron chi connectivity index (χ2n) is 3.74. The molecule has 2 atom stereocenters. The second kappa shape index (κ2) is 7.77. The van der Waals surface area contributed by atoms with Crippen LogP contribution in [0.2, 0.25) is 0 Å². The Hall–Kier alpha value is -1.47. The highest BCUT2D eigenvalue weighted by Gasteiger charge is 2.06. The summed E-state index contributed by atoms with van der Waals surface area (Å²) in [5, 5.41) is 5.92. The summed E-state index contributed by atoms with van der Waals surface area (Å²) in [6, 6.07) is -0.213. The van der Waals surface area contributed by atoms with Gasteiger partial charge in [0, 0.05) is 30.9 Å². The van der Waals surface area contributed by atoms with Crippen LogP contribution in [0.4, 0.5) is 4.39 Å². The molecule has 0 aromatic heterocycles. The van der Waals surface area contributed by atoms with E-state index in [0.29, 0.717) is 30.9 Å². The minimum absolute atomic E-state index is 0.213. The van der Waals surface area contributed by atoms with Crippen molar-refractivity contribution in [2.24, 2.45) is 5.73 Å². The predicted molar refractivity (Wildman–Crippen MR) is 66.3 cm³/mol. The molecule has 0 aliphatic heterocycles. The lowest BCUT2D eigenvalue weighted by Gasteiger charge is -2.16. The Labute approximate surface area is 97.0 Å². The molecule has 0 spiro atoms. The van der Waals surface area contributed by atoms with Crippen molar-refractivity contribution in [2.45, 2.75) is 25.6 Å². The molecule has 0 amide bonds.